The lowest BCUT2D eigenvalue weighted by Crippen LogP contribution is -2.53. The summed E-state index contributed by atoms with van der Waals surface area (Å²) in [7, 11) is -7.36. The Balaban J connectivity index is 1.70. The molecule has 0 bridgehead atoms. The second-order valence-electron chi connectivity index (χ2n) is 8.21. The Kier molecular flexibility index (Phi) is 5.12. The molecule has 2 aliphatic heterocycles. The molecule has 1 aromatic rings. The summed E-state index contributed by atoms with van der Waals surface area (Å²) in [5.41, 5.74) is 0.337. The Hall–Kier alpha value is -0.960. The van der Waals surface area contributed by atoms with Crippen LogP contribution in [0.4, 0.5) is 0 Å². The molecule has 0 amide bonds. The molecule has 1 aliphatic carbocycles. The lowest BCUT2D eigenvalue weighted by Gasteiger charge is -2.38. The second-order valence-corrected chi connectivity index (χ2v) is 11.8. The van der Waals surface area contributed by atoms with Gasteiger partial charge in [-0.05, 0) is 49.8 Å². The van der Waals surface area contributed by atoms with E-state index in [4.69, 9.17) is 0 Å². The minimum absolute atomic E-state index is 0.0883. The molecule has 0 atom stereocenters. The third-order valence-corrected chi connectivity index (χ3v) is 9.78. The van der Waals surface area contributed by atoms with E-state index in [-0.39, 0.29) is 9.79 Å². The van der Waals surface area contributed by atoms with Crippen molar-refractivity contribution < 1.29 is 16.8 Å². The van der Waals surface area contributed by atoms with Crippen LogP contribution in [0.2, 0.25) is 0 Å². The van der Waals surface area contributed by atoms with Crippen molar-refractivity contribution in [3.63, 3.8) is 0 Å². The van der Waals surface area contributed by atoms with Gasteiger partial charge in [0.25, 0.3) is 0 Å². The topological polar surface area (TPSA) is 83.5 Å². The second kappa shape index (κ2) is 7.13. The Bertz CT molecular complexity index is 911. The van der Waals surface area contributed by atoms with Gasteiger partial charge in [-0.25, -0.2) is 21.6 Å². The Morgan fingerprint density at radius 3 is 2.22 bits per heavy atom. The molecule has 1 N–H and O–H groups in total. The summed E-state index contributed by atoms with van der Waals surface area (Å²) in [6, 6.07) is 4.68. The summed E-state index contributed by atoms with van der Waals surface area (Å²) in [4.78, 5) is 0.223. The first kappa shape index (κ1) is 19.4. The molecular formula is C19H28N2O4S2. The van der Waals surface area contributed by atoms with Crippen LogP contribution >= 0.6 is 0 Å². The Morgan fingerprint density at radius 2 is 1.56 bits per heavy atom. The van der Waals surface area contributed by atoms with E-state index in [0.717, 1.165) is 63.4 Å². The largest absolute Gasteiger partial charge is 0.243 e. The number of nitrogens with zero attached hydrogens (tertiary/aromatic N) is 1. The van der Waals surface area contributed by atoms with Crippen LogP contribution in [0.1, 0.15) is 63.4 Å². The first-order valence-corrected chi connectivity index (χ1v) is 12.9. The van der Waals surface area contributed by atoms with Gasteiger partial charge in [-0.15, -0.1) is 0 Å². The van der Waals surface area contributed by atoms with Crippen molar-refractivity contribution in [2.24, 2.45) is 0 Å². The molecule has 2 heterocycles. The monoisotopic (exact) mass is 412 g/mol. The lowest BCUT2D eigenvalue weighted by molar-refractivity contribution is 0.320. The van der Waals surface area contributed by atoms with Crippen molar-refractivity contribution in [1.29, 1.82) is 0 Å². The highest BCUT2D eigenvalue weighted by Crippen LogP contribution is 2.38. The highest BCUT2D eigenvalue weighted by molar-refractivity contribution is 7.90. The fraction of sp³-hybridized carbons (Fsp3) is 0.684. The molecule has 1 spiro atoms. The number of nitrogens with one attached hydrogen (secondary N) is 1. The minimum Gasteiger partial charge on any atom is -0.207 e. The zero-order valence-corrected chi connectivity index (χ0v) is 17.2. The number of hydrogen-bond donors (Lipinski definition) is 1. The number of fused-ring (bicyclic) bond motifs is 1. The highest BCUT2D eigenvalue weighted by atomic mass is 32.2. The van der Waals surface area contributed by atoms with E-state index in [0.29, 0.717) is 19.5 Å². The summed E-state index contributed by atoms with van der Waals surface area (Å²) >= 11 is 0. The summed E-state index contributed by atoms with van der Waals surface area (Å²) < 4.78 is 56.3. The fourth-order valence-electron chi connectivity index (χ4n) is 4.77. The third kappa shape index (κ3) is 3.69. The molecule has 0 unspecified atom stereocenters. The third-order valence-electron chi connectivity index (χ3n) is 6.22. The van der Waals surface area contributed by atoms with Crippen LogP contribution in [0.25, 0.3) is 0 Å². The summed E-state index contributed by atoms with van der Waals surface area (Å²) in [5.74, 6) is 0. The Labute approximate surface area is 162 Å². The molecule has 27 heavy (non-hydrogen) atoms. The number of hydrogen-bond acceptors (Lipinski definition) is 4. The normalized spacial score (nSPS) is 25.6. The predicted molar refractivity (Wildman–Crippen MR) is 104 cm³/mol. The van der Waals surface area contributed by atoms with Crippen LogP contribution in [0, 0.1) is 0 Å². The van der Waals surface area contributed by atoms with E-state index >= 15 is 0 Å². The van der Waals surface area contributed by atoms with Gasteiger partial charge in [-0.2, -0.15) is 4.31 Å². The van der Waals surface area contributed by atoms with Crippen molar-refractivity contribution in [2.45, 2.75) is 79.5 Å². The van der Waals surface area contributed by atoms with Crippen LogP contribution in [-0.4, -0.2) is 39.8 Å². The van der Waals surface area contributed by atoms with E-state index < -0.39 is 25.6 Å². The highest BCUT2D eigenvalue weighted by Gasteiger charge is 2.42. The zero-order valence-electron chi connectivity index (χ0n) is 15.6. The van der Waals surface area contributed by atoms with Gasteiger partial charge < -0.3 is 0 Å². The van der Waals surface area contributed by atoms with Crippen molar-refractivity contribution >= 4 is 20.0 Å². The van der Waals surface area contributed by atoms with E-state index in [2.05, 4.69) is 4.72 Å². The molecule has 4 rings (SSSR count). The molecule has 150 valence electrons. The van der Waals surface area contributed by atoms with Crippen LogP contribution in [0.15, 0.2) is 28.0 Å². The lowest BCUT2D eigenvalue weighted by atomic mass is 9.84. The summed E-state index contributed by atoms with van der Waals surface area (Å²) in [6.07, 6.45) is 9.42. The average molecular weight is 413 g/mol. The molecule has 1 aromatic carbocycles. The van der Waals surface area contributed by atoms with Crippen molar-refractivity contribution in [3.8, 4) is 0 Å². The smallest absolute Gasteiger partial charge is 0.207 e. The quantitative estimate of drug-likeness (QED) is 0.810. The SMILES string of the molecule is O=S1(=O)NC2(CCCCCC2)Cc2ccc(S(=O)(=O)N3CCCCC3)cc21. The molecule has 1 saturated carbocycles. The summed E-state index contributed by atoms with van der Waals surface area (Å²) in [5, 5.41) is 0. The van der Waals surface area contributed by atoms with Gasteiger partial charge in [-0.1, -0.05) is 38.2 Å². The van der Waals surface area contributed by atoms with Gasteiger partial charge in [0, 0.05) is 18.6 Å². The minimum atomic E-state index is -3.71. The molecular weight excluding hydrogens is 384 g/mol. The van der Waals surface area contributed by atoms with Gasteiger partial charge >= 0.3 is 0 Å². The Morgan fingerprint density at radius 1 is 0.926 bits per heavy atom. The zero-order chi connectivity index (χ0) is 19.1. The predicted octanol–water partition coefficient (Wildman–Crippen LogP) is 2.79. The first-order chi connectivity index (χ1) is 12.8. The van der Waals surface area contributed by atoms with E-state index in [1.165, 1.54) is 10.4 Å². The van der Waals surface area contributed by atoms with Crippen molar-refractivity contribution in [1.82, 2.24) is 9.03 Å². The molecule has 1 saturated heterocycles. The van der Waals surface area contributed by atoms with Crippen molar-refractivity contribution in [2.75, 3.05) is 13.1 Å². The molecule has 0 aromatic heterocycles. The molecule has 6 nitrogen and oxygen atoms in total. The number of benzene rings is 1. The van der Waals surface area contributed by atoms with Gasteiger partial charge in [-0.3, -0.25) is 0 Å². The maximum absolute atomic E-state index is 13.0. The van der Waals surface area contributed by atoms with E-state index in [1.54, 1.807) is 12.1 Å². The molecule has 8 heteroatoms. The maximum Gasteiger partial charge on any atom is 0.243 e. The van der Waals surface area contributed by atoms with Crippen LogP contribution in [0.3, 0.4) is 0 Å². The number of sulfonamides is 2. The molecule has 2 fully saturated rings. The number of piperidine rings is 1. The van der Waals surface area contributed by atoms with Gasteiger partial charge in [0.05, 0.1) is 9.79 Å². The van der Waals surface area contributed by atoms with Gasteiger partial charge in [0.2, 0.25) is 20.0 Å². The van der Waals surface area contributed by atoms with E-state index in [1.807, 2.05) is 0 Å². The van der Waals surface area contributed by atoms with Crippen LogP contribution in [0.5, 0.6) is 0 Å². The first-order valence-electron chi connectivity index (χ1n) is 10.00. The van der Waals surface area contributed by atoms with Crippen LogP contribution in [-0.2, 0) is 26.5 Å². The van der Waals surface area contributed by atoms with E-state index in [9.17, 15) is 16.8 Å². The average Bonchev–Trinajstić information content (AvgIpc) is 2.86. The summed E-state index contributed by atoms with van der Waals surface area (Å²) in [6.45, 7) is 1.01. The van der Waals surface area contributed by atoms with Crippen LogP contribution < -0.4 is 4.72 Å². The molecule has 3 aliphatic rings. The van der Waals surface area contributed by atoms with Crippen molar-refractivity contribution in [3.05, 3.63) is 23.8 Å². The molecule has 0 radical (unpaired) electrons. The van der Waals surface area contributed by atoms with Gasteiger partial charge in [0.1, 0.15) is 0 Å². The fourth-order valence-corrected chi connectivity index (χ4v) is 8.11. The van der Waals surface area contributed by atoms with Gasteiger partial charge in [0.15, 0.2) is 0 Å². The number of rotatable bonds is 2. The standard InChI is InChI=1S/C19H28N2O4S2/c22-26(23)18-14-17(27(24,25)21-12-6-3-7-13-21)9-8-16(18)15-19(20-26)10-4-1-2-5-11-19/h8-9,14,20H,1-7,10-13,15H2. The maximum atomic E-state index is 13.0.